The zero-order valence-electron chi connectivity index (χ0n) is 17.4. The van der Waals surface area contributed by atoms with Crippen LogP contribution in [0, 0.1) is 17.8 Å². The number of hydrogen-bond donors (Lipinski definition) is 1. The third-order valence-electron chi connectivity index (χ3n) is 7.28. The van der Waals surface area contributed by atoms with Crippen LogP contribution < -0.4 is 10.2 Å². The van der Waals surface area contributed by atoms with Gasteiger partial charge < -0.3 is 5.32 Å². The summed E-state index contributed by atoms with van der Waals surface area (Å²) in [5.41, 5.74) is 1.98. The van der Waals surface area contributed by atoms with Crippen molar-refractivity contribution in [2.45, 2.75) is 42.0 Å². The van der Waals surface area contributed by atoms with Gasteiger partial charge in [-0.2, -0.15) is 0 Å². The number of nitrogens with zero attached hydrogens (tertiary/aromatic N) is 1. The average molecular weight is 483 g/mol. The van der Waals surface area contributed by atoms with Gasteiger partial charge in [0.2, 0.25) is 5.91 Å². The van der Waals surface area contributed by atoms with Crippen molar-refractivity contribution in [2.24, 2.45) is 17.8 Å². The molecular formula is C25H23ClN2O2S2. The maximum atomic E-state index is 13.1. The van der Waals surface area contributed by atoms with Crippen LogP contribution in [0.4, 0.5) is 5.69 Å². The average Bonchev–Trinajstić information content (AvgIpc) is 3.48. The van der Waals surface area contributed by atoms with Crippen LogP contribution in [0.3, 0.4) is 0 Å². The fraction of sp³-hybridized carbons (Fsp3) is 0.360. The second-order valence-electron chi connectivity index (χ2n) is 9.06. The number of carbonyl (C=O) groups is 1. The maximum absolute atomic E-state index is 13.1. The first-order valence-corrected chi connectivity index (χ1v) is 13.2. The van der Waals surface area contributed by atoms with Crippen molar-refractivity contribution < 1.29 is 4.79 Å². The molecule has 2 saturated carbocycles. The Morgan fingerprint density at radius 2 is 1.81 bits per heavy atom. The number of fused-ring (bicyclic) bond motifs is 6. The minimum Gasteiger partial charge on any atom is -0.325 e. The smallest absolute Gasteiger partial charge is 0.308 e. The summed E-state index contributed by atoms with van der Waals surface area (Å²) in [6.07, 6.45) is 3.87. The highest BCUT2D eigenvalue weighted by molar-refractivity contribution is 8.00. The standard InChI is InChI=1S/C25H23ClN2O2S2/c26-17-10-8-14(9-11-17)20-21-15-6-7-16(12-15)22(21)31-24-23(20)32-25(30)28(24)13-19(29)27-18-4-2-1-3-5-18/h1-5,8-11,15-16,20-22H,6-7,12-13H2,(H,27,29)/t15-,16+,20+,21+,22+/m1/s1. The van der Waals surface area contributed by atoms with E-state index < -0.39 is 0 Å². The number of thioether (sulfide) groups is 1. The Kier molecular flexibility index (Phi) is 5.20. The molecule has 0 saturated heterocycles. The summed E-state index contributed by atoms with van der Waals surface area (Å²) >= 11 is 9.36. The van der Waals surface area contributed by atoms with Crippen molar-refractivity contribution in [1.82, 2.24) is 4.57 Å². The molecule has 6 rings (SSSR count). The number of amides is 1. The van der Waals surface area contributed by atoms with Crippen molar-refractivity contribution in [1.29, 1.82) is 0 Å². The van der Waals surface area contributed by atoms with Gasteiger partial charge in [-0.25, -0.2) is 0 Å². The van der Waals surface area contributed by atoms with E-state index in [0.29, 0.717) is 17.1 Å². The highest BCUT2D eigenvalue weighted by Crippen LogP contribution is 2.64. The molecule has 5 atom stereocenters. The quantitative estimate of drug-likeness (QED) is 0.507. The number of nitrogens with one attached hydrogen (secondary N) is 1. The predicted molar refractivity (Wildman–Crippen MR) is 131 cm³/mol. The van der Waals surface area contributed by atoms with Crippen molar-refractivity contribution in [2.75, 3.05) is 5.32 Å². The summed E-state index contributed by atoms with van der Waals surface area (Å²) in [5.74, 6) is 2.02. The van der Waals surface area contributed by atoms with Gasteiger partial charge in [0.1, 0.15) is 6.54 Å². The number of thiazole rings is 1. The van der Waals surface area contributed by atoms with E-state index in [1.54, 1.807) is 4.57 Å². The van der Waals surface area contributed by atoms with Gasteiger partial charge in [-0.05, 0) is 66.8 Å². The van der Waals surface area contributed by atoms with E-state index >= 15 is 0 Å². The van der Waals surface area contributed by atoms with Crippen molar-refractivity contribution in [3.05, 3.63) is 79.7 Å². The molecule has 0 spiro atoms. The summed E-state index contributed by atoms with van der Waals surface area (Å²) < 4.78 is 1.70. The van der Waals surface area contributed by atoms with E-state index in [1.165, 1.54) is 36.2 Å². The van der Waals surface area contributed by atoms with Gasteiger partial charge in [-0.1, -0.05) is 53.3 Å². The van der Waals surface area contributed by atoms with Gasteiger partial charge in [0.15, 0.2) is 0 Å². The van der Waals surface area contributed by atoms with Crippen molar-refractivity contribution in [3.8, 4) is 0 Å². The molecule has 3 aromatic rings. The Bertz CT molecular complexity index is 1220. The van der Waals surface area contributed by atoms with Crippen LogP contribution in [0.1, 0.15) is 35.6 Å². The third kappa shape index (κ3) is 3.44. The largest absolute Gasteiger partial charge is 0.325 e. The highest BCUT2D eigenvalue weighted by Gasteiger charge is 2.55. The Morgan fingerprint density at radius 3 is 2.59 bits per heavy atom. The first-order valence-electron chi connectivity index (χ1n) is 11.1. The monoisotopic (exact) mass is 482 g/mol. The first kappa shape index (κ1) is 20.6. The van der Waals surface area contributed by atoms with Crippen LogP contribution in [-0.4, -0.2) is 15.7 Å². The van der Waals surface area contributed by atoms with Crippen LogP contribution in [-0.2, 0) is 11.3 Å². The number of benzene rings is 2. The van der Waals surface area contributed by atoms with Gasteiger partial charge in [0.25, 0.3) is 0 Å². The lowest BCUT2D eigenvalue weighted by molar-refractivity contribution is -0.116. The van der Waals surface area contributed by atoms with Crippen LogP contribution in [0.15, 0.2) is 64.4 Å². The number of halogens is 1. The van der Waals surface area contributed by atoms with Gasteiger partial charge in [0.05, 0.1) is 5.03 Å². The number of aromatic nitrogens is 1. The van der Waals surface area contributed by atoms with E-state index in [2.05, 4.69) is 17.4 Å². The topological polar surface area (TPSA) is 51.1 Å². The first-order chi connectivity index (χ1) is 15.6. The van der Waals surface area contributed by atoms with Crippen molar-refractivity contribution in [3.63, 3.8) is 0 Å². The number of para-hydroxylation sites is 1. The van der Waals surface area contributed by atoms with Crippen molar-refractivity contribution >= 4 is 46.3 Å². The third-order valence-corrected chi connectivity index (χ3v) is 10.4. The molecule has 7 heteroatoms. The fourth-order valence-electron chi connectivity index (χ4n) is 6.00. The molecule has 164 valence electrons. The molecule has 4 nitrogen and oxygen atoms in total. The van der Waals surface area contributed by atoms with Crippen LogP contribution in [0.25, 0.3) is 0 Å². The second kappa shape index (κ2) is 8.08. The lowest BCUT2D eigenvalue weighted by Crippen LogP contribution is -2.34. The van der Waals surface area contributed by atoms with Gasteiger partial charge in [-0.3, -0.25) is 14.2 Å². The minimum absolute atomic E-state index is 0.0444. The molecule has 1 amide bonds. The number of rotatable bonds is 4. The summed E-state index contributed by atoms with van der Waals surface area (Å²) in [6, 6.07) is 17.5. The molecular weight excluding hydrogens is 460 g/mol. The molecule has 2 bridgehead atoms. The van der Waals surface area contributed by atoms with Gasteiger partial charge in [0, 0.05) is 26.8 Å². The summed E-state index contributed by atoms with van der Waals surface area (Å²) in [7, 11) is 0. The molecule has 3 aliphatic rings. The normalized spacial score (nSPS) is 27.7. The lowest BCUT2D eigenvalue weighted by atomic mass is 9.75. The molecule has 0 radical (unpaired) electrons. The van der Waals surface area contributed by atoms with Crippen LogP contribution in [0.5, 0.6) is 0 Å². The number of hydrogen-bond acceptors (Lipinski definition) is 4. The Balaban J connectivity index is 1.38. The van der Waals surface area contributed by atoms with Gasteiger partial charge in [-0.15, -0.1) is 11.8 Å². The molecule has 1 aliphatic heterocycles. The van der Waals surface area contributed by atoms with E-state index in [9.17, 15) is 9.59 Å². The molecule has 1 N–H and O–H groups in total. The van der Waals surface area contributed by atoms with E-state index in [-0.39, 0.29) is 23.2 Å². The summed E-state index contributed by atoms with van der Waals surface area (Å²) in [6.45, 7) is 0.0470. The summed E-state index contributed by atoms with van der Waals surface area (Å²) in [5, 5.41) is 5.16. The molecule has 32 heavy (non-hydrogen) atoms. The molecule has 0 unspecified atom stereocenters. The second-order valence-corrected chi connectivity index (χ2v) is 11.7. The maximum Gasteiger partial charge on any atom is 0.308 e. The van der Waals surface area contributed by atoms with E-state index in [1.807, 2.05) is 54.2 Å². The van der Waals surface area contributed by atoms with E-state index in [0.717, 1.165) is 26.5 Å². The zero-order chi connectivity index (χ0) is 21.8. The molecule has 2 fully saturated rings. The SMILES string of the molecule is O=C(Cn1c2c(sc1=O)[C@@H](c1ccc(Cl)cc1)[C@@H]1[C@@H]3CC[C@@H](C3)[C@@H]1S2)Nc1ccccc1. The molecule has 2 aliphatic carbocycles. The Morgan fingerprint density at radius 1 is 1.06 bits per heavy atom. The highest BCUT2D eigenvalue weighted by atomic mass is 35.5. The molecule has 1 aromatic heterocycles. The van der Waals surface area contributed by atoms with Crippen LogP contribution in [0.2, 0.25) is 5.02 Å². The predicted octanol–water partition coefficient (Wildman–Crippen LogP) is 5.85. The lowest BCUT2D eigenvalue weighted by Gasteiger charge is -2.40. The van der Waals surface area contributed by atoms with E-state index in [4.69, 9.17) is 11.6 Å². The molecule has 2 heterocycles. The van der Waals surface area contributed by atoms with Crippen LogP contribution >= 0.6 is 34.7 Å². The molecule has 2 aromatic carbocycles. The number of carbonyl (C=O) groups excluding carboxylic acids is 1. The number of anilines is 1. The Hall–Kier alpha value is -2.02. The minimum atomic E-state index is -0.169. The van der Waals surface area contributed by atoms with Gasteiger partial charge >= 0.3 is 4.87 Å². The fourth-order valence-corrected chi connectivity index (χ4v) is 9.27. The zero-order valence-corrected chi connectivity index (χ0v) is 19.8. The summed E-state index contributed by atoms with van der Waals surface area (Å²) in [4.78, 5) is 26.9. The Labute approximate surface area is 200 Å².